The van der Waals surface area contributed by atoms with Gasteiger partial charge in [-0.25, -0.2) is 23.5 Å². The Balaban J connectivity index is 1.56. The number of hydrogen-bond acceptors (Lipinski definition) is 9. The molecule has 0 unspecified atom stereocenters. The number of ether oxygens (including phenoxy) is 2. The van der Waals surface area contributed by atoms with Crippen LogP contribution in [0.5, 0.6) is 11.5 Å². The van der Waals surface area contributed by atoms with E-state index in [1.165, 1.54) is 12.3 Å². The molecule has 0 aliphatic heterocycles. The molecule has 0 fully saturated rings. The van der Waals surface area contributed by atoms with E-state index < -0.39 is 17.4 Å². The van der Waals surface area contributed by atoms with Crippen LogP contribution in [0.1, 0.15) is 6.42 Å². The molecule has 12 heteroatoms. The van der Waals surface area contributed by atoms with E-state index in [-0.39, 0.29) is 11.6 Å². The minimum absolute atomic E-state index is 0.114. The summed E-state index contributed by atoms with van der Waals surface area (Å²) in [7, 11) is 1.64. The number of H-pyrrole nitrogens is 1. The summed E-state index contributed by atoms with van der Waals surface area (Å²) in [5, 5.41) is 6.66. The number of hydrogen-bond donors (Lipinski definition) is 2. The number of anilines is 2. The lowest BCUT2D eigenvalue weighted by atomic mass is 10.2. The molecule has 0 aliphatic rings. The summed E-state index contributed by atoms with van der Waals surface area (Å²) < 4.78 is 42.4. The Morgan fingerprint density at radius 3 is 2.71 bits per heavy atom. The molecule has 2 N–H and O–H groups in total. The van der Waals surface area contributed by atoms with Crippen molar-refractivity contribution in [1.29, 1.82) is 0 Å². The van der Waals surface area contributed by atoms with Crippen molar-refractivity contribution in [1.82, 2.24) is 20.1 Å². The molecule has 4 rings (SSSR count). The summed E-state index contributed by atoms with van der Waals surface area (Å²) >= 11 is 1.56. The van der Waals surface area contributed by atoms with E-state index in [9.17, 15) is 13.6 Å². The Labute approximate surface area is 196 Å². The van der Waals surface area contributed by atoms with Crippen LogP contribution in [0.25, 0.3) is 11.4 Å². The van der Waals surface area contributed by atoms with Crippen LogP contribution < -0.4 is 15.8 Å². The summed E-state index contributed by atoms with van der Waals surface area (Å²) in [5.74, 6) is -0.436. The van der Waals surface area contributed by atoms with Crippen LogP contribution in [-0.4, -0.2) is 39.6 Å². The van der Waals surface area contributed by atoms with Gasteiger partial charge in [0.05, 0.1) is 0 Å². The number of thioether (sulfide) groups is 1. The van der Waals surface area contributed by atoms with Crippen molar-refractivity contribution in [2.45, 2.75) is 11.3 Å². The number of nitrogens with one attached hydrogen (secondary N) is 2. The number of nitrogens with zero attached hydrogens (tertiary/aromatic N) is 3. The predicted octanol–water partition coefficient (Wildman–Crippen LogP) is 4.76. The van der Waals surface area contributed by atoms with Crippen molar-refractivity contribution in [3.8, 4) is 22.9 Å². The highest BCUT2D eigenvalue weighted by molar-refractivity contribution is 7.99. The van der Waals surface area contributed by atoms with E-state index in [4.69, 9.17) is 9.47 Å². The van der Waals surface area contributed by atoms with Crippen LogP contribution in [0.3, 0.4) is 0 Å². The van der Waals surface area contributed by atoms with E-state index in [1.807, 2.05) is 0 Å². The third-order valence-corrected chi connectivity index (χ3v) is 5.48. The Kier molecular flexibility index (Phi) is 7.50. The van der Waals surface area contributed by atoms with E-state index >= 15 is 0 Å². The molecule has 0 radical (unpaired) electrons. The van der Waals surface area contributed by atoms with E-state index in [0.29, 0.717) is 29.6 Å². The van der Waals surface area contributed by atoms with Crippen molar-refractivity contribution in [3.05, 3.63) is 71.0 Å². The number of benzene rings is 1. The summed E-state index contributed by atoms with van der Waals surface area (Å²) in [6.07, 6.45) is 4.02. The molecule has 176 valence electrons. The third-order valence-electron chi connectivity index (χ3n) is 4.43. The normalized spacial score (nSPS) is 10.9. The maximum atomic E-state index is 13.7. The molecular weight excluding hydrogens is 468 g/mol. The molecule has 0 aliphatic carbocycles. The van der Waals surface area contributed by atoms with Gasteiger partial charge < -0.3 is 14.8 Å². The van der Waals surface area contributed by atoms with Gasteiger partial charge in [0.15, 0.2) is 29.0 Å². The number of aromatic nitrogens is 4. The largest absolute Gasteiger partial charge is 0.453 e. The van der Waals surface area contributed by atoms with Gasteiger partial charge >= 0.3 is 5.76 Å². The van der Waals surface area contributed by atoms with Crippen LogP contribution in [-0.2, 0) is 4.74 Å². The first kappa shape index (κ1) is 23.4. The number of aromatic amines is 1. The molecule has 0 bridgehead atoms. The second-order valence-electron chi connectivity index (χ2n) is 6.89. The van der Waals surface area contributed by atoms with Crippen LogP contribution in [0, 0.1) is 11.6 Å². The summed E-state index contributed by atoms with van der Waals surface area (Å²) in [5.41, 5.74) is 0.547. The van der Waals surface area contributed by atoms with Crippen molar-refractivity contribution in [2.24, 2.45) is 0 Å². The quantitative estimate of drug-likeness (QED) is 0.241. The standard InChI is InChI=1S/C22H19F2N5O4S/c1-31-7-2-8-34-15-10-18(32-14-4-5-16(23)17(24)9-14)21(26-12-15)27-19-6-3-13(11-25-19)20-28-22(30)33-29-20/h3-6,9-12H,2,7-8H2,1H3,(H,25,26,27)(H,28,29,30). The highest BCUT2D eigenvalue weighted by atomic mass is 32.2. The summed E-state index contributed by atoms with van der Waals surface area (Å²) in [4.78, 5) is 23.1. The van der Waals surface area contributed by atoms with Crippen molar-refractivity contribution in [3.63, 3.8) is 0 Å². The molecule has 0 atom stereocenters. The molecular formula is C22H19F2N5O4S. The van der Waals surface area contributed by atoms with Gasteiger partial charge in [-0.3, -0.25) is 9.51 Å². The molecule has 4 aromatic rings. The molecule has 3 heterocycles. The van der Waals surface area contributed by atoms with Crippen LogP contribution in [0.15, 0.2) is 63.0 Å². The van der Waals surface area contributed by atoms with Gasteiger partial charge in [0.2, 0.25) is 0 Å². The fraction of sp³-hybridized carbons (Fsp3) is 0.182. The SMILES string of the molecule is COCCCSc1cnc(Nc2ccc(-c3noc(=O)[nH]3)cn2)c(Oc2ccc(F)c(F)c2)c1. The Morgan fingerprint density at radius 1 is 1.12 bits per heavy atom. The van der Waals surface area contributed by atoms with Gasteiger partial charge in [-0.1, -0.05) is 5.16 Å². The first-order valence-electron chi connectivity index (χ1n) is 10.1. The monoisotopic (exact) mass is 487 g/mol. The molecule has 9 nitrogen and oxygen atoms in total. The first-order chi connectivity index (χ1) is 16.5. The lowest BCUT2D eigenvalue weighted by molar-refractivity contribution is 0.200. The van der Waals surface area contributed by atoms with Crippen molar-refractivity contribution < 1.29 is 22.8 Å². The van der Waals surface area contributed by atoms with Crippen LogP contribution in [0.4, 0.5) is 20.4 Å². The van der Waals surface area contributed by atoms with Gasteiger partial charge in [-0.2, -0.15) is 0 Å². The molecule has 0 saturated heterocycles. The van der Waals surface area contributed by atoms with Crippen molar-refractivity contribution in [2.75, 3.05) is 24.8 Å². The lowest BCUT2D eigenvalue weighted by Gasteiger charge is -2.13. The average molecular weight is 487 g/mol. The van der Waals surface area contributed by atoms with Gasteiger partial charge in [-0.05, 0) is 36.8 Å². The minimum atomic E-state index is -1.02. The van der Waals surface area contributed by atoms with E-state index in [2.05, 4.69) is 29.9 Å². The first-order valence-corrected chi connectivity index (χ1v) is 11.0. The number of halogens is 2. The fourth-order valence-electron chi connectivity index (χ4n) is 2.82. The maximum Gasteiger partial charge on any atom is 0.439 e. The molecule has 0 saturated carbocycles. The smallest absolute Gasteiger partial charge is 0.439 e. The number of methoxy groups -OCH3 is 1. The second-order valence-corrected chi connectivity index (χ2v) is 8.06. The van der Waals surface area contributed by atoms with E-state index in [1.54, 1.807) is 43.3 Å². The molecule has 34 heavy (non-hydrogen) atoms. The Hall–Kier alpha value is -3.77. The zero-order valence-corrected chi connectivity index (χ0v) is 18.7. The minimum Gasteiger partial charge on any atom is -0.453 e. The number of rotatable bonds is 10. The Bertz CT molecular complexity index is 1310. The van der Waals surface area contributed by atoms with Crippen molar-refractivity contribution >= 4 is 23.4 Å². The van der Waals surface area contributed by atoms with Crippen LogP contribution >= 0.6 is 11.8 Å². The zero-order chi connectivity index (χ0) is 23.9. The predicted molar refractivity (Wildman–Crippen MR) is 122 cm³/mol. The van der Waals surface area contributed by atoms with Gasteiger partial charge in [0.25, 0.3) is 0 Å². The zero-order valence-electron chi connectivity index (χ0n) is 17.9. The van der Waals surface area contributed by atoms with E-state index in [0.717, 1.165) is 29.2 Å². The average Bonchev–Trinajstić information content (AvgIpc) is 3.27. The molecule has 1 aromatic carbocycles. The summed E-state index contributed by atoms with van der Waals surface area (Å²) in [6, 6.07) is 8.36. The Morgan fingerprint density at radius 2 is 2.00 bits per heavy atom. The molecule has 3 aromatic heterocycles. The summed E-state index contributed by atoms with van der Waals surface area (Å²) in [6.45, 7) is 0.641. The fourth-order valence-corrected chi connectivity index (χ4v) is 3.64. The number of pyridine rings is 2. The van der Waals surface area contributed by atoms with Gasteiger partial charge in [0.1, 0.15) is 11.6 Å². The van der Waals surface area contributed by atoms with Gasteiger partial charge in [-0.15, -0.1) is 11.8 Å². The topological polar surface area (TPSA) is 115 Å². The lowest BCUT2D eigenvalue weighted by Crippen LogP contribution is -2.00. The molecule has 0 spiro atoms. The highest BCUT2D eigenvalue weighted by Gasteiger charge is 2.13. The second kappa shape index (κ2) is 10.9. The third kappa shape index (κ3) is 5.97. The van der Waals surface area contributed by atoms with Gasteiger partial charge in [0, 0.05) is 48.4 Å². The highest BCUT2D eigenvalue weighted by Crippen LogP contribution is 2.34. The molecule has 0 amide bonds. The maximum absolute atomic E-state index is 13.7. The van der Waals surface area contributed by atoms with Crippen LogP contribution in [0.2, 0.25) is 0 Å².